The van der Waals surface area contributed by atoms with Crippen molar-refractivity contribution in [3.8, 4) is 22.9 Å². The van der Waals surface area contributed by atoms with Gasteiger partial charge in [0.25, 0.3) is 11.1 Å². The minimum atomic E-state index is -0.362. The number of Topliss-reactive ketones (excluding diaryl/α,β-unsaturated/α-hetero) is 2. The van der Waals surface area contributed by atoms with Crippen molar-refractivity contribution >= 4 is 72.0 Å². The van der Waals surface area contributed by atoms with Gasteiger partial charge in [0.1, 0.15) is 13.2 Å². The summed E-state index contributed by atoms with van der Waals surface area (Å²) in [5.74, 6) is -0.405. The number of fused-ring (bicyclic) bond motifs is 2. The number of pyridine rings is 2. The smallest absolute Gasteiger partial charge is 0.294 e. The first-order chi connectivity index (χ1) is 34.4. The number of nitrogens with two attached hydrogens (primary N) is 1. The number of benzene rings is 4. The highest BCUT2D eigenvalue weighted by Gasteiger charge is 2.24. The van der Waals surface area contributed by atoms with Gasteiger partial charge in [-0.1, -0.05) is 60.7 Å². The average molecular weight is 983 g/mol. The summed E-state index contributed by atoms with van der Waals surface area (Å²) in [6.45, 7) is 5.30. The predicted molar refractivity (Wildman–Crippen MR) is 278 cm³/mol. The third kappa shape index (κ3) is 10.5. The molecule has 0 saturated carbocycles. The van der Waals surface area contributed by atoms with Crippen molar-refractivity contribution in [2.45, 2.75) is 47.1 Å². The van der Waals surface area contributed by atoms with Gasteiger partial charge in [-0.15, -0.1) is 22.7 Å². The number of thiophene rings is 2. The van der Waals surface area contributed by atoms with Crippen LogP contribution in [0.1, 0.15) is 63.7 Å². The van der Waals surface area contributed by atoms with Crippen molar-refractivity contribution in [3.63, 3.8) is 0 Å². The number of amides is 1. The fourth-order valence-electron chi connectivity index (χ4n) is 8.03. The molecule has 0 radical (unpaired) electrons. The van der Waals surface area contributed by atoms with Gasteiger partial charge in [0.05, 0.1) is 68.4 Å². The molecule has 0 aliphatic rings. The molecule has 0 bridgehead atoms. The molecule has 0 unspecified atom stereocenters. The Balaban J connectivity index is 0.000000176. The highest BCUT2D eigenvalue weighted by atomic mass is 32.1. The predicted octanol–water partition coefficient (Wildman–Crippen LogP) is 9.70. The Kier molecular flexibility index (Phi) is 14.0. The first-order valence-electron chi connectivity index (χ1n) is 22.4. The summed E-state index contributed by atoms with van der Waals surface area (Å²) >= 11 is 2.83. The minimum absolute atomic E-state index is 0.0623. The molecule has 4 aromatic carbocycles. The van der Waals surface area contributed by atoms with Crippen LogP contribution in [0.15, 0.2) is 166 Å². The number of aromatic nitrogens is 6. The number of nitrogen functional groups attached to an aromatic ring is 1. The minimum Gasteiger partial charge on any atom is -0.482 e. The Morgan fingerprint density at radius 2 is 0.986 bits per heavy atom. The molecule has 0 atom stereocenters. The summed E-state index contributed by atoms with van der Waals surface area (Å²) in [7, 11) is 0. The second-order valence-corrected chi connectivity index (χ2v) is 18.4. The largest absolute Gasteiger partial charge is 0.482 e. The lowest BCUT2D eigenvalue weighted by atomic mass is 10.1. The number of ketones is 2. The monoisotopic (exact) mass is 982 g/mol. The van der Waals surface area contributed by atoms with Crippen molar-refractivity contribution in [1.29, 1.82) is 0 Å². The van der Waals surface area contributed by atoms with Gasteiger partial charge in [-0.3, -0.25) is 33.1 Å². The van der Waals surface area contributed by atoms with E-state index in [-0.39, 0.29) is 59.8 Å². The molecule has 3 N–H and O–H groups in total. The van der Waals surface area contributed by atoms with Crippen LogP contribution in [0.5, 0.6) is 11.5 Å². The van der Waals surface area contributed by atoms with Gasteiger partial charge in [0, 0.05) is 41.8 Å². The molecule has 0 aliphatic carbocycles. The lowest BCUT2D eigenvalue weighted by Gasteiger charge is -2.15. The number of ether oxygens (including phenoxy) is 2. The van der Waals surface area contributed by atoms with Crippen molar-refractivity contribution in [2.75, 3.05) is 11.1 Å². The molecule has 6 aromatic heterocycles. The SMILES string of the molecule is CC(=O)Nc1ccc(-n2cc(Cn3c(=O)c(OCc4ccccc4)c(C(C)=O)c4sccc43)cn2)cc1.CC(=O)c1c(OCc2ccccc2)c(=O)n(Cc2cnn(-c3ccc(N)cc3)c2)c2ccsc12. The van der Waals surface area contributed by atoms with Crippen LogP contribution in [-0.4, -0.2) is 46.2 Å². The molecule has 0 saturated heterocycles. The molecule has 356 valence electrons. The van der Waals surface area contributed by atoms with Crippen molar-refractivity contribution in [1.82, 2.24) is 28.7 Å². The van der Waals surface area contributed by atoms with Gasteiger partial charge < -0.3 is 20.5 Å². The van der Waals surface area contributed by atoms with Crippen LogP contribution < -0.4 is 31.6 Å². The van der Waals surface area contributed by atoms with Crippen LogP contribution in [0.2, 0.25) is 0 Å². The maximum atomic E-state index is 13.7. The van der Waals surface area contributed by atoms with E-state index in [0.29, 0.717) is 40.1 Å². The Labute approximate surface area is 414 Å². The van der Waals surface area contributed by atoms with E-state index >= 15 is 0 Å². The number of nitrogens with one attached hydrogen (secondary N) is 1. The molecule has 17 heteroatoms. The van der Waals surface area contributed by atoms with Gasteiger partial charge in [-0.25, -0.2) is 9.36 Å². The lowest BCUT2D eigenvalue weighted by molar-refractivity contribution is -0.114. The topological polar surface area (TPSA) is 187 Å². The molecular weight excluding hydrogens is 937 g/mol. The fraction of sp³-hybridized carbons (Fsp3) is 0.130. The van der Waals surface area contributed by atoms with Gasteiger partial charge >= 0.3 is 0 Å². The number of rotatable bonds is 15. The van der Waals surface area contributed by atoms with Crippen LogP contribution in [0, 0.1) is 0 Å². The molecule has 15 nitrogen and oxygen atoms in total. The van der Waals surface area contributed by atoms with E-state index in [4.69, 9.17) is 15.2 Å². The van der Waals surface area contributed by atoms with Gasteiger partial charge in [0.15, 0.2) is 23.1 Å². The summed E-state index contributed by atoms with van der Waals surface area (Å²) in [5.41, 5.74) is 13.6. The van der Waals surface area contributed by atoms with Crippen LogP contribution in [0.4, 0.5) is 11.4 Å². The second-order valence-electron chi connectivity index (χ2n) is 16.5. The van der Waals surface area contributed by atoms with E-state index in [2.05, 4.69) is 15.5 Å². The number of hydrogen-bond acceptors (Lipinski definition) is 12. The normalized spacial score (nSPS) is 11.0. The third-order valence-corrected chi connectivity index (χ3v) is 13.2. The number of carbonyl (C=O) groups is 3. The highest BCUT2D eigenvalue weighted by Crippen LogP contribution is 2.33. The molecule has 1 amide bonds. The second kappa shape index (κ2) is 20.9. The van der Waals surface area contributed by atoms with E-state index in [0.717, 1.165) is 43.0 Å². The number of nitrogens with zero attached hydrogens (tertiary/aromatic N) is 6. The van der Waals surface area contributed by atoms with Crippen LogP contribution >= 0.6 is 22.7 Å². The van der Waals surface area contributed by atoms with Crippen molar-refractivity contribution in [3.05, 3.63) is 211 Å². The standard InChI is InChI=1S/C28H24N4O4S.C26H22N4O3S/c1-18(33)25-26(36-17-20-6-4-3-5-7-20)28(35)31(24-12-13-37-27(24)25)15-21-14-29-32(16-21)23-10-8-22(9-11-23)30-19(2)34;1-17(31)23-24(33-16-18-5-3-2-4-6-18)26(32)29(22-11-12-34-25(22)23)14-19-13-28-30(15-19)21-9-7-20(27)8-10-21/h3-14,16H,15,17H2,1-2H3,(H,30,34);2-13,15H,14,16,27H2,1H3. The van der Waals surface area contributed by atoms with E-state index in [1.165, 1.54) is 43.4 Å². The molecule has 10 aromatic rings. The summed E-state index contributed by atoms with van der Waals surface area (Å²) in [6, 6.07) is 37.5. The zero-order valence-electron chi connectivity index (χ0n) is 38.8. The van der Waals surface area contributed by atoms with Gasteiger partial charge in [-0.05, 0) is 96.4 Å². The molecular formula is C54H46N8O7S2. The van der Waals surface area contributed by atoms with E-state index in [1.807, 2.05) is 132 Å². The maximum absolute atomic E-state index is 13.7. The summed E-state index contributed by atoms with van der Waals surface area (Å²) in [6.07, 6.45) is 7.15. The molecule has 0 spiro atoms. The van der Waals surface area contributed by atoms with Crippen LogP contribution in [0.25, 0.3) is 31.8 Å². The number of hydrogen-bond donors (Lipinski definition) is 2. The fourth-order valence-corrected chi connectivity index (χ4v) is 10.0. The maximum Gasteiger partial charge on any atom is 0.294 e. The molecule has 71 heavy (non-hydrogen) atoms. The van der Waals surface area contributed by atoms with Gasteiger partial charge in [0.2, 0.25) is 5.91 Å². The van der Waals surface area contributed by atoms with Gasteiger partial charge in [-0.2, -0.15) is 10.2 Å². The summed E-state index contributed by atoms with van der Waals surface area (Å²) < 4.78 is 20.1. The first-order valence-corrected chi connectivity index (χ1v) is 24.1. The van der Waals surface area contributed by atoms with Crippen LogP contribution in [0.3, 0.4) is 0 Å². The van der Waals surface area contributed by atoms with E-state index < -0.39 is 0 Å². The molecule has 10 rings (SSSR count). The van der Waals surface area contributed by atoms with Crippen molar-refractivity contribution < 1.29 is 23.9 Å². The zero-order valence-corrected chi connectivity index (χ0v) is 40.4. The summed E-state index contributed by atoms with van der Waals surface area (Å²) in [5, 5.41) is 15.4. The molecule has 0 aliphatic heterocycles. The van der Waals surface area contributed by atoms with Crippen molar-refractivity contribution in [2.24, 2.45) is 0 Å². The number of carbonyl (C=O) groups excluding carboxylic acids is 3. The van der Waals surface area contributed by atoms with Crippen LogP contribution in [-0.2, 0) is 31.1 Å². The third-order valence-electron chi connectivity index (χ3n) is 11.4. The van der Waals surface area contributed by atoms with E-state index in [1.54, 1.807) is 43.0 Å². The Bertz CT molecular complexity index is 3670. The Morgan fingerprint density at radius 3 is 1.39 bits per heavy atom. The average Bonchev–Trinajstić information content (AvgIpc) is 4.22. The summed E-state index contributed by atoms with van der Waals surface area (Å²) in [4.78, 5) is 63.7. The number of anilines is 2. The first kappa shape index (κ1) is 47.4. The lowest BCUT2D eigenvalue weighted by Crippen LogP contribution is -2.25. The quantitative estimate of drug-likeness (QED) is 0.0740. The zero-order chi connectivity index (χ0) is 49.6. The Hall–Kier alpha value is -8.67. The Morgan fingerprint density at radius 1 is 0.563 bits per heavy atom. The molecule has 6 heterocycles. The molecule has 0 fully saturated rings. The van der Waals surface area contributed by atoms with E-state index in [9.17, 15) is 24.0 Å². The highest BCUT2D eigenvalue weighted by molar-refractivity contribution is 7.18.